The van der Waals surface area contributed by atoms with Crippen LogP contribution in [-0.4, -0.2) is 12.0 Å². The molecule has 1 rings (SSSR count). The van der Waals surface area contributed by atoms with Gasteiger partial charge in [0.05, 0.1) is 0 Å². The molecule has 10 heavy (non-hydrogen) atoms. The first-order valence-electron chi connectivity index (χ1n) is 3.60. The van der Waals surface area contributed by atoms with Crippen molar-refractivity contribution in [3.63, 3.8) is 0 Å². The predicted octanol–water partition coefficient (Wildman–Crippen LogP) is 1.77. The second-order valence-electron chi connectivity index (χ2n) is 3.38. The summed E-state index contributed by atoms with van der Waals surface area (Å²) in [6.07, 6.45) is 0.111. The van der Waals surface area contributed by atoms with Crippen molar-refractivity contribution < 1.29 is 8.78 Å². The lowest BCUT2D eigenvalue weighted by Crippen LogP contribution is -2.26. The molecule has 0 bridgehead atoms. The SMILES string of the molecule is CC(CC1(N)CC1)C(F)F. The van der Waals surface area contributed by atoms with Crippen molar-refractivity contribution in [3.05, 3.63) is 0 Å². The molecule has 0 aromatic carbocycles. The first kappa shape index (κ1) is 7.92. The van der Waals surface area contributed by atoms with E-state index in [1.165, 1.54) is 0 Å². The van der Waals surface area contributed by atoms with E-state index in [2.05, 4.69) is 0 Å². The zero-order valence-corrected chi connectivity index (χ0v) is 6.11. The van der Waals surface area contributed by atoms with Crippen molar-refractivity contribution in [1.29, 1.82) is 0 Å². The molecule has 0 aromatic rings. The molecule has 1 fully saturated rings. The van der Waals surface area contributed by atoms with Gasteiger partial charge in [-0.25, -0.2) is 8.78 Å². The number of nitrogens with two attached hydrogens (primary N) is 1. The molecule has 1 aliphatic carbocycles. The molecule has 0 saturated heterocycles. The summed E-state index contributed by atoms with van der Waals surface area (Å²) in [6, 6.07) is 0. The molecule has 60 valence electrons. The molecular formula is C7H13F2N. The van der Waals surface area contributed by atoms with Crippen LogP contribution in [0.1, 0.15) is 26.2 Å². The molecule has 0 spiro atoms. The van der Waals surface area contributed by atoms with Crippen molar-refractivity contribution in [2.75, 3.05) is 0 Å². The summed E-state index contributed by atoms with van der Waals surface area (Å²) in [6.45, 7) is 1.55. The van der Waals surface area contributed by atoms with Crippen molar-refractivity contribution in [2.45, 2.75) is 38.2 Å². The monoisotopic (exact) mass is 149 g/mol. The van der Waals surface area contributed by atoms with Crippen LogP contribution >= 0.6 is 0 Å². The van der Waals surface area contributed by atoms with Crippen molar-refractivity contribution in [3.8, 4) is 0 Å². The van der Waals surface area contributed by atoms with Gasteiger partial charge in [0.2, 0.25) is 6.43 Å². The Morgan fingerprint density at radius 3 is 2.30 bits per heavy atom. The lowest BCUT2D eigenvalue weighted by Gasteiger charge is -2.14. The molecule has 0 amide bonds. The number of hydrogen-bond acceptors (Lipinski definition) is 1. The fourth-order valence-corrected chi connectivity index (χ4v) is 1.10. The van der Waals surface area contributed by atoms with Gasteiger partial charge in [0.25, 0.3) is 0 Å². The lowest BCUT2D eigenvalue weighted by molar-refractivity contribution is 0.0766. The lowest BCUT2D eigenvalue weighted by atomic mass is 10.0. The van der Waals surface area contributed by atoms with Gasteiger partial charge >= 0.3 is 0 Å². The van der Waals surface area contributed by atoms with E-state index in [4.69, 9.17) is 5.73 Å². The zero-order chi connectivity index (χ0) is 7.78. The Bertz CT molecular complexity index is 121. The summed E-state index contributed by atoms with van der Waals surface area (Å²) in [5.74, 6) is -0.535. The van der Waals surface area contributed by atoms with E-state index in [0.717, 1.165) is 12.8 Å². The van der Waals surface area contributed by atoms with Gasteiger partial charge in [-0.15, -0.1) is 0 Å². The number of halogens is 2. The summed E-state index contributed by atoms with van der Waals surface area (Å²) in [5.41, 5.74) is 5.43. The van der Waals surface area contributed by atoms with E-state index >= 15 is 0 Å². The van der Waals surface area contributed by atoms with Gasteiger partial charge in [0.15, 0.2) is 0 Å². The minimum atomic E-state index is -2.21. The largest absolute Gasteiger partial charge is 0.325 e. The molecule has 1 aliphatic rings. The Kier molecular flexibility index (Phi) is 1.95. The Labute approximate surface area is 59.6 Å². The van der Waals surface area contributed by atoms with Gasteiger partial charge < -0.3 is 5.73 Å². The summed E-state index contributed by atoms with van der Waals surface area (Å²) < 4.78 is 23.9. The van der Waals surface area contributed by atoms with Gasteiger partial charge in [-0.2, -0.15) is 0 Å². The van der Waals surface area contributed by atoms with Crippen LogP contribution in [0.3, 0.4) is 0 Å². The van der Waals surface area contributed by atoms with E-state index in [1.807, 2.05) is 0 Å². The molecule has 1 atom stereocenters. The normalized spacial score (nSPS) is 24.9. The Balaban J connectivity index is 2.24. The maximum atomic E-state index is 11.9. The minimum absolute atomic E-state index is 0.226. The van der Waals surface area contributed by atoms with Crippen molar-refractivity contribution in [1.82, 2.24) is 0 Å². The van der Waals surface area contributed by atoms with Crippen LogP contribution in [0.5, 0.6) is 0 Å². The first-order chi connectivity index (χ1) is 4.53. The second kappa shape index (κ2) is 2.46. The van der Waals surface area contributed by atoms with Gasteiger partial charge in [-0.1, -0.05) is 6.92 Å². The van der Waals surface area contributed by atoms with E-state index in [-0.39, 0.29) is 5.54 Å². The third kappa shape index (κ3) is 1.90. The molecule has 1 saturated carbocycles. The molecule has 0 radical (unpaired) electrons. The van der Waals surface area contributed by atoms with Gasteiger partial charge in [-0.05, 0) is 19.3 Å². The van der Waals surface area contributed by atoms with Crippen LogP contribution in [0, 0.1) is 5.92 Å². The third-order valence-electron chi connectivity index (χ3n) is 2.05. The highest BCUT2D eigenvalue weighted by molar-refractivity contribution is 4.99. The molecule has 0 heterocycles. The second-order valence-corrected chi connectivity index (χ2v) is 3.38. The average molecular weight is 149 g/mol. The van der Waals surface area contributed by atoms with Crippen LogP contribution in [-0.2, 0) is 0 Å². The smallest absolute Gasteiger partial charge is 0.241 e. The Hall–Kier alpha value is -0.180. The van der Waals surface area contributed by atoms with Crippen molar-refractivity contribution >= 4 is 0 Å². The molecule has 1 unspecified atom stereocenters. The zero-order valence-electron chi connectivity index (χ0n) is 6.11. The standard InChI is InChI=1S/C7H13F2N/c1-5(6(8)9)4-7(10)2-3-7/h5-6H,2-4,10H2,1H3. The Morgan fingerprint density at radius 2 is 2.00 bits per heavy atom. The van der Waals surface area contributed by atoms with E-state index in [0.29, 0.717) is 6.42 Å². The van der Waals surface area contributed by atoms with Crippen LogP contribution in [0.15, 0.2) is 0 Å². The number of hydrogen-bond donors (Lipinski definition) is 1. The summed E-state index contributed by atoms with van der Waals surface area (Å²) in [5, 5.41) is 0. The fourth-order valence-electron chi connectivity index (χ4n) is 1.10. The number of rotatable bonds is 3. The van der Waals surface area contributed by atoms with E-state index < -0.39 is 12.3 Å². The van der Waals surface area contributed by atoms with Gasteiger partial charge in [0, 0.05) is 11.5 Å². The predicted molar refractivity (Wildman–Crippen MR) is 35.9 cm³/mol. The molecule has 3 heteroatoms. The highest BCUT2D eigenvalue weighted by Gasteiger charge is 2.40. The quantitative estimate of drug-likeness (QED) is 0.650. The molecule has 0 aromatic heterocycles. The minimum Gasteiger partial charge on any atom is -0.325 e. The molecule has 0 aliphatic heterocycles. The summed E-state index contributed by atoms with van der Waals surface area (Å²) in [7, 11) is 0. The number of alkyl halides is 2. The molecule has 2 N–H and O–H groups in total. The van der Waals surface area contributed by atoms with Gasteiger partial charge in [-0.3, -0.25) is 0 Å². The highest BCUT2D eigenvalue weighted by atomic mass is 19.3. The maximum absolute atomic E-state index is 11.9. The van der Waals surface area contributed by atoms with Gasteiger partial charge in [0.1, 0.15) is 0 Å². The fraction of sp³-hybridized carbons (Fsp3) is 1.00. The Morgan fingerprint density at radius 1 is 1.50 bits per heavy atom. The van der Waals surface area contributed by atoms with Crippen LogP contribution < -0.4 is 5.73 Å². The van der Waals surface area contributed by atoms with Crippen LogP contribution in [0.2, 0.25) is 0 Å². The first-order valence-corrected chi connectivity index (χ1v) is 3.60. The van der Waals surface area contributed by atoms with Crippen molar-refractivity contribution in [2.24, 2.45) is 11.7 Å². The maximum Gasteiger partial charge on any atom is 0.241 e. The molecule has 1 nitrogen and oxygen atoms in total. The summed E-state index contributed by atoms with van der Waals surface area (Å²) >= 11 is 0. The third-order valence-corrected chi connectivity index (χ3v) is 2.05. The topological polar surface area (TPSA) is 26.0 Å². The van der Waals surface area contributed by atoms with E-state index in [9.17, 15) is 8.78 Å². The average Bonchev–Trinajstić information content (AvgIpc) is 2.47. The van der Waals surface area contributed by atoms with E-state index in [1.54, 1.807) is 6.92 Å². The highest BCUT2D eigenvalue weighted by Crippen LogP contribution is 2.39. The molecular weight excluding hydrogens is 136 g/mol. The van der Waals surface area contributed by atoms with Crippen LogP contribution in [0.25, 0.3) is 0 Å². The summed E-state index contributed by atoms with van der Waals surface area (Å²) in [4.78, 5) is 0. The van der Waals surface area contributed by atoms with Crippen LogP contribution in [0.4, 0.5) is 8.78 Å².